The molecular formula is C9H18N2O2. The van der Waals surface area contributed by atoms with E-state index >= 15 is 0 Å². The molecule has 4 nitrogen and oxygen atoms in total. The van der Waals surface area contributed by atoms with Crippen molar-refractivity contribution in [2.45, 2.75) is 31.9 Å². The predicted molar refractivity (Wildman–Crippen MR) is 50.3 cm³/mol. The molecule has 1 rings (SSSR count). The molecule has 0 spiro atoms. The van der Waals surface area contributed by atoms with Gasteiger partial charge in [0, 0.05) is 32.7 Å². The van der Waals surface area contributed by atoms with Crippen LogP contribution in [0.15, 0.2) is 0 Å². The lowest BCUT2D eigenvalue weighted by Gasteiger charge is -2.37. The van der Waals surface area contributed by atoms with Crippen LogP contribution >= 0.6 is 0 Å². The molecular weight excluding hydrogens is 168 g/mol. The van der Waals surface area contributed by atoms with E-state index in [-0.39, 0.29) is 18.1 Å². The van der Waals surface area contributed by atoms with Crippen LogP contribution in [0.2, 0.25) is 0 Å². The fourth-order valence-electron chi connectivity index (χ4n) is 1.32. The molecule has 76 valence electrons. The minimum absolute atomic E-state index is 0.166. The minimum Gasteiger partial charge on any atom is -0.382 e. The van der Waals surface area contributed by atoms with Crippen molar-refractivity contribution in [3.63, 3.8) is 0 Å². The van der Waals surface area contributed by atoms with Gasteiger partial charge in [0.2, 0.25) is 5.91 Å². The van der Waals surface area contributed by atoms with Crippen LogP contribution in [0.3, 0.4) is 0 Å². The molecule has 1 fully saturated rings. The van der Waals surface area contributed by atoms with E-state index in [1.54, 1.807) is 12.0 Å². The molecule has 4 heteroatoms. The standard InChI is InChI=1S/C9H18N2O2/c1-7(13-2)3-4-9(12)11-5-8(10)6-11/h7-8H,3-6,10H2,1-2H3. The van der Waals surface area contributed by atoms with Gasteiger partial charge in [-0.3, -0.25) is 4.79 Å². The zero-order valence-corrected chi connectivity index (χ0v) is 8.32. The van der Waals surface area contributed by atoms with Crippen LogP contribution in [-0.4, -0.2) is 43.2 Å². The molecule has 1 aliphatic rings. The summed E-state index contributed by atoms with van der Waals surface area (Å²) in [5, 5.41) is 0. The molecule has 2 N–H and O–H groups in total. The molecule has 0 aromatic heterocycles. The van der Waals surface area contributed by atoms with Gasteiger partial charge in [-0.2, -0.15) is 0 Å². The first kappa shape index (κ1) is 10.5. The first-order valence-electron chi connectivity index (χ1n) is 4.69. The summed E-state index contributed by atoms with van der Waals surface area (Å²) in [6.07, 6.45) is 1.53. The van der Waals surface area contributed by atoms with Gasteiger partial charge in [0.25, 0.3) is 0 Å². The Kier molecular flexibility index (Phi) is 3.69. The average molecular weight is 186 g/mol. The minimum atomic E-state index is 0.166. The third kappa shape index (κ3) is 2.97. The summed E-state index contributed by atoms with van der Waals surface area (Å²) in [7, 11) is 1.66. The Morgan fingerprint density at radius 2 is 2.31 bits per heavy atom. The largest absolute Gasteiger partial charge is 0.382 e. The number of hydrogen-bond acceptors (Lipinski definition) is 3. The van der Waals surface area contributed by atoms with Crippen LogP contribution in [-0.2, 0) is 9.53 Å². The van der Waals surface area contributed by atoms with Crippen molar-refractivity contribution in [1.29, 1.82) is 0 Å². The summed E-state index contributed by atoms with van der Waals surface area (Å²) in [5.74, 6) is 0.200. The smallest absolute Gasteiger partial charge is 0.222 e. The topological polar surface area (TPSA) is 55.6 Å². The Labute approximate surface area is 79.0 Å². The normalized spacial score (nSPS) is 19.8. The van der Waals surface area contributed by atoms with E-state index in [0.717, 1.165) is 19.5 Å². The van der Waals surface area contributed by atoms with Crippen molar-refractivity contribution in [3.05, 3.63) is 0 Å². The summed E-state index contributed by atoms with van der Waals surface area (Å²) < 4.78 is 5.06. The lowest BCUT2D eigenvalue weighted by atomic mass is 10.1. The molecule has 1 atom stereocenters. The molecule has 1 heterocycles. The monoisotopic (exact) mass is 186 g/mol. The summed E-state index contributed by atoms with van der Waals surface area (Å²) in [4.78, 5) is 13.2. The Hall–Kier alpha value is -0.610. The van der Waals surface area contributed by atoms with E-state index in [9.17, 15) is 4.79 Å². The molecule has 0 aromatic rings. The van der Waals surface area contributed by atoms with E-state index < -0.39 is 0 Å². The number of amides is 1. The van der Waals surface area contributed by atoms with Crippen LogP contribution in [0.1, 0.15) is 19.8 Å². The maximum absolute atomic E-state index is 11.4. The second kappa shape index (κ2) is 4.58. The lowest BCUT2D eigenvalue weighted by Crippen LogP contribution is -2.57. The van der Waals surface area contributed by atoms with E-state index in [4.69, 9.17) is 10.5 Å². The van der Waals surface area contributed by atoms with E-state index in [0.29, 0.717) is 6.42 Å². The van der Waals surface area contributed by atoms with Crippen LogP contribution in [0.25, 0.3) is 0 Å². The first-order chi connectivity index (χ1) is 6.13. The van der Waals surface area contributed by atoms with Gasteiger partial charge in [-0.1, -0.05) is 0 Å². The highest BCUT2D eigenvalue weighted by Gasteiger charge is 2.27. The van der Waals surface area contributed by atoms with E-state index in [1.807, 2.05) is 6.92 Å². The molecule has 0 aliphatic carbocycles. The van der Waals surface area contributed by atoms with Crippen molar-refractivity contribution in [2.75, 3.05) is 20.2 Å². The number of nitrogens with two attached hydrogens (primary N) is 1. The molecule has 1 saturated heterocycles. The highest BCUT2D eigenvalue weighted by atomic mass is 16.5. The SMILES string of the molecule is COC(C)CCC(=O)N1CC(N)C1. The maximum Gasteiger partial charge on any atom is 0.222 e. The molecule has 1 amide bonds. The van der Waals surface area contributed by atoms with Gasteiger partial charge >= 0.3 is 0 Å². The third-order valence-corrected chi connectivity index (χ3v) is 2.43. The van der Waals surface area contributed by atoms with Crippen molar-refractivity contribution >= 4 is 5.91 Å². The molecule has 0 aromatic carbocycles. The molecule has 13 heavy (non-hydrogen) atoms. The van der Waals surface area contributed by atoms with Gasteiger partial charge in [-0.15, -0.1) is 0 Å². The Bertz CT molecular complexity index is 178. The maximum atomic E-state index is 11.4. The summed E-state index contributed by atoms with van der Waals surface area (Å²) >= 11 is 0. The Morgan fingerprint density at radius 3 is 2.77 bits per heavy atom. The summed E-state index contributed by atoms with van der Waals surface area (Å²) in [6, 6.07) is 0.198. The molecule has 0 saturated carbocycles. The molecule has 1 unspecified atom stereocenters. The number of ether oxygens (including phenoxy) is 1. The second-order valence-corrected chi connectivity index (χ2v) is 3.64. The third-order valence-electron chi connectivity index (χ3n) is 2.43. The predicted octanol–water partition coefficient (Wildman–Crippen LogP) is -0.0290. The number of carbonyl (C=O) groups excluding carboxylic acids is 1. The molecule has 0 bridgehead atoms. The number of nitrogens with zero attached hydrogens (tertiary/aromatic N) is 1. The molecule has 1 aliphatic heterocycles. The van der Waals surface area contributed by atoms with Crippen molar-refractivity contribution in [2.24, 2.45) is 5.73 Å². The van der Waals surface area contributed by atoms with Gasteiger partial charge in [-0.25, -0.2) is 0 Å². The fraction of sp³-hybridized carbons (Fsp3) is 0.889. The Morgan fingerprint density at radius 1 is 1.69 bits per heavy atom. The average Bonchev–Trinajstić information content (AvgIpc) is 2.08. The highest BCUT2D eigenvalue weighted by Crippen LogP contribution is 2.10. The van der Waals surface area contributed by atoms with Gasteiger partial charge in [0.1, 0.15) is 0 Å². The van der Waals surface area contributed by atoms with Gasteiger partial charge < -0.3 is 15.4 Å². The zero-order chi connectivity index (χ0) is 9.84. The quantitative estimate of drug-likeness (QED) is 0.671. The summed E-state index contributed by atoms with van der Waals surface area (Å²) in [6.45, 7) is 3.41. The second-order valence-electron chi connectivity index (χ2n) is 3.64. The fourth-order valence-corrected chi connectivity index (χ4v) is 1.32. The lowest BCUT2D eigenvalue weighted by molar-refractivity contribution is -0.136. The van der Waals surface area contributed by atoms with Crippen LogP contribution in [0.5, 0.6) is 0 Å². The number of carbonyl (C=O) groups is 1. The van der Waals surface area contributed by atoms with Gasteiger partial charge in [-0.05, 0) is 13.3 Å². The first-order valence-corrected chi connectivity index (χ1v) is 4.69. The Balaban J connectivity index is 2.11. The van der Waals surface area contributed by atoms with Crippen molar-refractivity contribution in [3.8, 4) is 0 Å². The molecule has 0 radical (unpaired) electrons. The van der Waals surface area contributed by atoms with Crippen LogP contribution < -0.4 is 5.73 Å². The summed E-state index contributed by atoms with van der Waals surface area (Å²) in [5.41, 5.74) is 5.57. The number of hydrogen-bond donors (Lipinski definition) is 1. The van der Waals surface area contributed by atoms with E-state index in [1.165, 1.54) is 0 Å². The zero-order valence-electron chi connectivity index (χ0n) is 8.32. The van der Waals surface area contributed by atoms with Crippen LogP contribution in [0, 0.1) is 0 Å². The van der Waals surface area contributed by atoms with E-state index in [2.05, 4.69) is 0 Å². The van der Waals surface area contributed by atoms with Gasteiger partial charge in [0.05, 0.1) is 6.10 Å². The number of rotatable bonds is 4. The van der Waals surface area contributed by atoms with Gasteiger partial charge in [0.15, 0.2) is 0 Å². The van der Waals surface area contributed by atoms with Crippen molar-refractivity contribution < 1.29 is 9.53 Å². The number of likely N-dealkylation sites (tertiary alicyclic amines) is 1. The van der Waals surface area contributed by atoms with Crippen LogP contribution in [0.4, 0.5) is 0 Å². The van der Waals surface area contributed by atoms with Crippen molar-refractivity contribution in [1.82, 2.24) is 4.90 Å². The highest BCUT2D eigenvalue weighted by molar-refractivity contribution is 5.77. The number of methoxy groups -OCH3 is 1.